The summed E-state index contributed by atoms with van der Waals surface area (Å²) in [5, 5.41) is 1.32. The molecule has 0 rings (SSSR count). The molecule has 0 aromatic heterocycles. The first-order chi connectivity index (χ1) is 1.91. The summed E-state index contributed by atoms with van der Waals surface area (Å²) in [7, 11) is 0. The van der Waals surface area contributed by atoms with Crippen molar-refractivity contribution >= 4 is 16.5 Å². The van der Waals surface area contributed by atoms with Crippen LogP contribution in [0.2, 0.25) is 5.25 Å². The van der Waals surface area contributed by atoms with Crippen molar-refractivity contribution in [3.05, 3.63) is 0 Å². The zero-order chi connectivity index (χ0) is 3.41. The molecule has 0 radical (unpaired) electrons. The molecule has 0 saturated heterocycles. The Hall–Kier alpha value is 0.333. The van der Waals surface area contributed by atoms with Crippen molar-refractivity contribution in [2.24, 2.45) is 0 Å². The Morgan fingerprint density at radius 2 is 1.29 bits per heavy atom. The Bertz CT molecular complexity index is 12.1. The fraction of sp³-hybridized carbons (Fsp3) is 1.00. The molecular formula is C3H7F3Ge. The van der Waals surface area contributed by atoms with Gasteiger partial charge < -0.3 is 14.1 Å². The molecule has 0 atom stereocenters. The van der Waals surface area contributed by atoms with Crippen LogP contribution in [0.3, 0.4) is 0 Å². The topological polar surface area (TPSA) is 0 Å². The molecule has 0 heterocycles. The first-order valence-electron chi connectivity index (χ1n) is 1.56. The van der Waals surface area contributed by atoms with Gasteiger partial charge in [-0.05, 0) is 0 Å². The minimum Gasteiger partial charge on any atom is -1.00 e. The minimum atomic E-state index is 0. The molecule has 0 aromatic carbocycles. The van der Waals surface area contributed by atoms with E-state index in [0.29, 0.717) is 0 Å². The van der Waals surface area contributed by atoms with E-state index in [9.17, 15) is 0 Å². The predicted molar refractivity (Wildman–Crippen MR) is 20.9 cm³/mol. The van der Waals surface area contributed by atoms with Gasteiger partial charge in [-0.15, -0.1) is 0 Å². The second-order valence-corrected chi connectivity index (χ2v) is 1.80. The van der Waals surface area contributed by atoms with Crippen LogP contribution in [0.15, 0.2) is 0 Å². The molecule has 0 aliphatic rings. The van der Waals surface area contributed by atoms with Crippen LogP contribution in [0.5, 0.6) is 0 Å². The van der Waals surface area contributed by atoms with E-state index >= 15 is 0 Å². The quantitative estimate of drug-likeness (QED) is 0.345. The second kappa shape index (κ2) is 33.1. The van der Waals surface area contributed by atoms with E-state index in [0.717, 1.165) is 0 Å². The zero-order valence-electron chi connectivity index (χ0n) is 4.05. The largest absolute Gasteiger partial charge is 1.00 e. The SMILES string of the molecule is CC[CH2][Ge+3].[F-].[F-].[F-]. The summed E-state index contributed by atoms with van der Waals surface area (Å²) < 4.78 is 0. The average molecular weight is 173 g/mol. The van der Waals surface area contributed by atoms with E-state index in [1.165, 1.54) is 11.7 Å². The van der Waals surface area contributed by atoms with E-state index in [1.807, 2.05) is 0 Å². The van der Waals surface area contributed by atoms with Crippen molar-refractivity contribution in [2.75, 3.05) is 0 Å². The second-order valence-electron chi connectivity index (χ2n) is 0.750. The number of halogens is 3. The molecule has 7 heavy (non-hydrogen) atoms. The molecule has 0 saturated carbocycles. The van der Waals surface area contributed by atoms with Crippen LogP contribution in [-0.4, -0.2) is 16.5 Å². The molecule has 0 fully saturated rings. The maximum Gasteiger partial charge on any atom is -1.00 e. The molecule has 0 aliphatic heterocycles. The molecule has 0 spiro atoms. The van der Waals surface area contributed by atoms with Crippen LogP contribution >= 0.6 is 0 Å². The molecule has 4 heteroatoms. The Morgan fingerprint density at radius 3 is 1.29 bits per heavy atom. The predicted octanol–water partition coefficient (Wildman–Crippen LogP) is -8.00. The van der Waals surface area contributed by atoms with Crippen LogP contribution in [0, 0.1) is 0 Å². The van der Waals surface area contributed by atoms with E-state index in [2.05, 4.69) is 23.4 Å². The summed E-state index contributed by atoms with van der Waals surface area (Å²) in [6.45, 7) is 2.18. The first kappa shape index (κ1) is 26.5. The molecule has 0 unspecified atom stereocenters. The maximum absolute atomic E-state index is 2.18. The number of hydrogen-bond acceptors (Lipinski definition) is 0. The summed E-state index contributed by atoms with van der Waals surface area (Å²) in [6, 6.07) is 0. The molecule has 0 aliphatic carbocycles. The molecule has 0 bridgehead atoms. The third-order valence-electron chi connectivity index (χ3n) is 0.250. The Morgan fingerprint density at radius 1 is 1.14 bits per heavy atom. The fourth-order valence-corrected chi connectivity index (χ4v) is 0. The third kappa shape index (κ3) is 66.9. The summed E-state index contributed by atoms with van der Waals surface area (Å²) in [4.78, 5) is 0. The summed E-state index contributed by atoms with van der Waals surface area (Å²) in [5.41, 5.74) is 0. The van der Waals surface area contributed by atoms with Crippen molar-refractivity contribution in [3.63, 3.8) is 0 Å². The van der Waals surface area contributed by atoms with E-state index in [1.54, 1.807) is 0 Å². The summed E-state index contributed by atoms with van der Waals surface area (Å²) in [5.74, 6) is 0. The smallest absolute Gasteiger partial charge is 1.00 e. The molecule has 0 amide bonds. The average Bonchev–Trinajstić information content (AvgIpc) is 1.37. The van der Waals surface area contributed by atoms with E-state index < -0.39 is 0 Å². The van der Waals surface area contributed by atoms with Crippen LogP contribution in [0.4, 0.5) is 0 Å². The van der Waals surface area contributed by atoms with Gasteiger partial charge in [-0.2, -0.15) is 0 Å². The van der Waals surface area contributed by atoms with Crippen LogP contribution in [0.25, 0.3) is 0 Å². The van der Waals surface area contributed by atoms with E-state index in [4.69, 9.17) is 0 Å². The maximum atomic E-state index is 2.18. The Labute approximate surface area is 50.0 Å². The molecule has 44 valence electrons. The van der Waals surface area contributed by atoms with Gasteiger partial charge in [-0.3, -0.25) is 0 Å². The fourth-order valence-electron chi connectivity index (χ4n) is 0. The Balaban J connectivity index is -0.0000000150. The van der Waals surface area contributed by atoms with Crippen molar-refractivity contribution in [3.8, 4) is 0 Å². The van der Waals surface area contributed by atoms with Gasteiger partial charge >= 0.3 is 35.1 Å². The van der Waals surface area contributed by atoms with Gasteiger partial charge in [0, 0.05) is 0 Å². The molecule has 0 N–H and O–H groups in total. The van der Waals surface area contributed by atoms with E-state index in [-0.39, 0.29) is 14.1 Å². The standard InChI is InChI=1S/C3H7Ge.3FH/c1-2-3-4;;;/h2-3H2,1H3;3*1H/q+3;;;/p-3. The minimum absolute atomic E-state index is 0. The Kier molecular flexibility index (Phi) is 125. The van der Waals surface area contributed by atoms with Gasteiger partial charge in [0.15, 0.2) is 0 Å². The number of hydrogen-bond donors (Lipinski definition) is 0. The molecular weight excluding hydrogens is 166 g/mol. The molecule has 0 nitrogen and oxygen atoms in total. The van der Waals surface area contributed by atoms with Crippen molar-refractivity contribution < 1.29 is 14.1 Å². The van der Waals surface area contributed by atoms with Gasteiger partial charge in [0.1, 0.15) is 0 Å². The van der Waals surface area contributed by atoms with Gasteiger partial charge in [0.2, 0.25) is 0 Å². The molecule has 0 aromatic rings. The summed E-state index contributed by atoms with van der Waals surface area (Å²) >= 11 is 2.18. The van der Waals surface area contributed by atoms with Crippen molar-refractivity contribution in [1.82, 2.24) is 0 Å². The monoisotopic (exact) mass is 174 g/mol. The van der Waals surface area contributed by atoms with Crippen molar-refractivity contribution in [1.29, 1.82) is 0 Å². The van der Waals surface area contributed by atoms with Crippen LogP contribution < -0.4 is 14.1 Å². The zero-order valence-corrected chi connectivity index (χ0v) is 6.15. The van der Waals surface area contributed by atoms with Crippen LogP contribution in [0.1, 0.15) is 13.3 Å². The van der Waals surface area contributed by atoms with Gasteiger partial charge in [0.25, 0.3) is 0 Å². The summed E-state index contributed by atoms with van der Waals surface area (Å²) in [6.07, 6.45) is 1.32. The number of rotatable bonds is 1. The van der Waals surface area contributed by atoms with Gasteiger partial charge in [0.05, 0.1) is 0 Å². The van der Waals surface area contributed by atoms with Crippen molar-refractivity contribution in [2.45, 2.75) is 18.6 Å². The first-order valence-corrected chi connectivity index (χ1v) is 3.04. The van der Waals surface area contributed by atoms with Crippen LogP contribution in [-0.2, 0) is 0 Å². The van der Waals surface area contributed by atoms with Gasteiger partial charge in [-0.25, -0.2) is 0 Å². The normalized spacial score (nSPS) is 4.43. The van der Waals surface area contributed by atoms with Gasteiger partial charge in [-0.1, -0.05) is 0 Å². The third-order valence-corrected chi connectivity index (χ3v) is 1.30.